The van der Waals surface area contributed by atoms with Crippen molar-refractivity contribution in [2.24, 2.45) is 0 Å². The van der Waals surface area contributed by atoms with E-state index < -0.39 is 0 Å². The van der Waals surface area contributed by atoms with Crippen molar-refractivity contribution in [3.8, 4) is 17.0 Å². The molecule has 2 aliphatic rings. The number of rotatable bonds is 8. The summed E-state index contributed by atoms with van der Waals surface area (Å²) in [5, 5.41) is 3.40. The van der Waals surface area contributed by atoms with Gasteiger partial charge in [0.25, 0.3) is 0 Å². The van der Waals surface area contributed by atoms with E-state index in [0.717, 1.165) is 67.5 Å². The molecule has 0 amide bonds. The molecule has 7 nitrogen and oxygen atoms in total. The molecule has 1 aliphatic heterocycles. The molecule has 2 aromatic heterocycles. The lowest BCUT2D eigenvalue weighted by Gasteiger charge is -2.33. The number of ether oxygens (including phenoxy) is 1. The lowest BCUT2D eigenvalue weighted by atomic mass is 10.00. The van der Waals surface area contributed by atoms with Gasteiger partial charge in [-0.3, -0.25) is 0 Å². The minimum absolute atomic E-state index is 0.123. The Morgan fingerprint density at radius 2 is 1.88 bits per heavy atom. The molecule has 178 valence electrons. The summed E-state index contributed by atoms with van der Waals surface area (Å²) in [5.41, 5.74) is 2.77. The van der Waals surface area contributed by atoms with Gasteiger partial charge in [0.1, 0.15) is 29.5 Å². The van der Waals surface area contributed by atoms with Gasteiger partial charge in [0, 0.05) is 62.5 Å². The predicted octanol–water partition coefficient (Wildman–Crippen LogP) is 4.19. The molecule has 8 heteroatoms. The van der Waals surface area contributed by atoms with Gasteiger partial charge in [-0.1, -0.05) is 13.0 Å². The second kappa shape index (κ2) is 9.93. The first kappa shape index (κ1) is 22.5. The third kappa shape index (κ3) is 5.44. The van der Waals surface area contributed by atoms with Crippen molar-refractivity contribution in [1.29, 1.82) is 0 Å². The number of pyridine rings is 1. The molecule has 1 unspecified atom stereocenters. The van der Waals surface area contributed by atoms with E-state index >= 15 is 0 Å². The summed E-state index contributed by atoms with van der Waals surface area (Å²) >= 11 is 0. The van der Waals surface area contributed by atoms with Gasteiger partial charge in [0.05, 0.1) is 11.8 Å². The standard InChI is InChI=1S/C26H31FN6O/c1-18(22-7-4-20(27)13-24(22)34-21-5-6-21)15-28-25-14-23(30-17-31-25)19-3-8-26(29-16-19)33-11-9-32(2)10-12-33/h3-4,7-8,13-14,16-18,21H,5-6,9-12,15H2,1-2H3,(H,28,30,31). The van der Waals surface area contributed by atoms with Gasteiger partial charge < -0.3 is 19.9 Å². The van der Waals surface area contributed by atoms with Crippen molar-refractivity contribution in [3.63, 3.8) is 0 Å². The smallest absolute Gasteiger partial charge is 0.129 e. The van der Waals surface area contributed by atoms with Crippen molar-refractivity contribution >= 4 is 11.6 Å². The molecular weight excluding hydrogens is 431 g/mol. The van der Waals surface area contributed by atoms with Gasteiger partial charge >= 0.3 is 0 Å². The van der Waals surface area contributed by atoms with Crippen LogP contribution in [0.25, 0.3) is 11.3 Å². The maximum atomic E-state index is 13.8. The maximum absolute atomic E-state index is 13.8. The Labute approximate surface area is 200 Å². The number of piperazine rings is 1. The topological polar surface area (TPSA) is 66.4 Å². The first-order valence-electron chi connectivity index (χ1n) is 12.0. The van der Waals surface area contributed by atoms with Crippen LogP contribution in [0.5, 0.6) is 5.75 Å². The van der Waals surface area contributed by atoms with Crippen molar-refractivity contribution in [1.82, 2.24) is 19.9 Å². The van der Waals surface area contributed by atoms with Gasteiger partial charge in [0.15, 0.2) is 0 Å². The normalized spacial score (nSPS) is 17.4. The fourth-order valence-electron chi connectivity index (χ4n) is 4.12. The largest absolute Gasteiger partial charge is 0.490 e. The first-order valence-corrected chi connectivity index (χ1v) is 12.0. The molecule has 1 aliphatic carbocycles. The van der Waals surface area contributed by atoms with Gasteiger partial charge in [-0.05, 0) is 43.7 Å². The van der Waals surface area contributed by atoms with Gasteiger partial charge in [-0.25, -0.2) is 19.3 Å². The molecule has 0 radical (unpaired) electrons. The van der Waals surface area contributed by atoms with E-state index in [0.29, 0.717) is 12.3 Å². The molecule has 3 aromatic rings. The van der Waals surface area contributed by atoms with Crippen LogP contribution in [0.3, 0.4) is 0 Å². The number of halogens is 1. The highest BCUT2D eigenvalue weighted by Crippen LogP contribution is 2.33. The highest BCUT2D eigenvalue weighted by molar-refractivity contribution is 5.62. The van der Waals surface area contributed by atoms with E-state index in [1.807, 2.05) is 18.3 Å². The molecule has 2 fully saturated rings. The number of nitrogens with one attached hydrogen (secondary N) is 1. The van der Waals surface area contributed by atoms with Crippen LogP contribution >= 0.6 is 0 Å². The Morgan fingerprint density at radius 1 is 1.06 bits per heavy atom. The molecule has 1 saturated carbocycles. The second-order valence-corrected chi connectivity index (χ2v) is 9.27. The molecule has 3 heterocycles. The Bertz CT molecular complexity index is 1110. The zero-order valence-electron chi connectivity index (χ0n) is 19.7. The zero-order chi connectivity index (χ0) is 23.5. The summed E-state index contributed by atoms with van der Waals surface area (Å²) in [6, 6.07) is 10.9. The fourth-order valence-corrected chi connectivity index (χ4v) is 4.12. The average molecular weight is 463 g/mol. The molecule has 1 aromatic carbocycles. The highest BCUT2D eigenvalue weighted by atomic mass is 19.1. The van der Waals surface area contributed by atoms with E-state index in [1.54, 1.807) is 6.33 Å². The van der Waals surface area contributed by atoms with Crippen LogP contribution in [-0.2, 0) is 0 Å². The van der Waals surface area contributed by atoms with E-state index in [9.17, 15) is 4.39 Å². The third-order valence-electron chi connectivity index (χ3n) is 6.45. The van der Waals surface area contributed by atoms with Crippen molar-refractivity contribution < 1.29 is 9.13 Å². The summed E-state index contributed by atoms with van der Waals surface area (Å²) in [4.78, 5) is 18.1. The van der Waals surface area contributed by atoms with Crippen molar-refractivity contribution in [2.45, 2.75) is 31.8 Å². The molecule has 0 spiro atoms. The lowest BCUT2D eigenvalue weighted by Crippen LogP contribution is -2.44. The van der Waals surface area contributed by atoms with E-state index in [-0.39, 0.29) is 17.8 Å². The zero-order valence-corrected chi connectivity index (χ0v) is 19.7. The SMILES string of the molecule is CC(CNc1cc(-c2ccc(N3CCN(C)CC3)nc2)ncn1)c1ccc(F)cc1OC1CC1. The Balaban J connectivity index is 1.23. The summed E-state index contributed by atoms with van der Waals surface area (Å²) < 4.78 is 19.7. The average Bonchev–Trinajstić information content (AvgIpc) is 3.67. The highest BCUT2D eigenvalue weighted by Gasteiger charge is 2.25. The summed E-state index contributed by atoms with van der Waals surface area (Å²) in [6.07, 6.45) is 5.74. The van der Waals surface area contributed by atoms with E-state index in [2.05, 4.69) is 56.2 Å². The van der Waals surface area contributed by atoms with E-state index in [4.69, 9.17) is 4.74 Å². The summed E-state index contributed by atoms with van der Waals surface area (Å²) in [5.74, 6) is 2.24. The molecule has 0 bridgehead atoms. The lowest BCUT2D eigenvalue weighted by molar-refractivity contribution is 0.297. The van der Waals surface area contributed by atoms with Crippen LogP contribution < -0.4 is 15.0 Å². The first-order chi connectivity index (χ1) is 16.5. The van der Waals surface area contributed by atoms with Crippen LogP contribution in [0.1, 0.15) is 31.2 Å². The van der Waals surface area contributed by atoms with Crippen LogP contribution in [0, 0.1) is 5.82 Å². The molecule has 1 atom stereocenters. The number of aromatic nitrogens is 3. The molecular formula is C26H31FN6O. The van der Waals surface area contributed by atoms with Gasteiger partial charge in [-0.2, -0.15) is 0 Å². The fraction of sp³-hybridized carbons (Fsp3) is 0.423. The van der Waals surface area contributed by atoms with Gasteiger partial charge in [0.2, 0.25) is 0 Å². The maximum Gasteiger partial charge on any atom is 0.129 e. The van der Waals surface area contributed by atoms with Gasteiger partial charge in [-0.15, -0.1) is 0 Å². The molecule has 1 N–H and O–H groups in total. The Kier molecular flexibility index (Phi) is 6.58. The Morgan fingerprint density at radius 3 is 2.62 bits per heavy atom. The predicted molar refractivity (Wildman–Crippen MR) is 132 cm³/mol. The molecule has 34 heavy (non-hydrogen) atoms. The Hall–Kier alpha value is -3.26. The van der Waals surface area contributed by atoms with E-state index in [1.165, 1.54) is 12.1 Å². The van der Waals surface area contributed by atoms with Crippen LogP contribution in [-0.4, -0.2) is 65.7 Å². The van der Waals surface area contributed by atoms with Crippen LogP contribution in [0.2, 0.25) is 0 Å². The number of hydrogen-bond acceptors (Lipinski definition) is 7. The number of anilines is 2. The molecule has 1 saturated heterocycles. The quantitative estimate of drug-likeness (QED) is 0.539. The summed E-state index contributed by atoms with van der Waals surface area (Å²) in [6.45, 7) is 6.82. The third-order valence-corrected chi connectivity index (χ3v) is 6.45. The number of benzene rings is 1. The number of hydrogen-bond donors (Lipinski definition) is 1. The minimum Gasteiger partial charge on any atom is -0.490 e. The van der Waals surface area contributed by atoms with Crippen molar-refractivity contribution in [3.05, 3.63) is 60.3 Å². The van der Waals surface area contributed by atoms with Crippen molar-refractivity contribution in [2.75, 3.05) is 50.0 Å². The monoisotopic (exact) mass is 462 g/mol. The second-order valence-electron chi connectivity index (χ2n) is 9.27. The number of nitrogens with zero attached hydrogens (tertiary/aromatic N) is 5. The van der Waals surface area contributed by atoms with Crippen LogP contribution in [0.4, 0.5) is 16.0 Å². The van der Waals surface area contributed by atoms with Crippen LogP contribution in [0.15, 0.2) is 48.9 Å². The number of likely N-dealkylation sites (N-methyl/N-ethyl adjacent to an activating group) is 1. The molecule has 5 rings (SSSR count). The summed E-state index contributed by atoms with van der Waals surface area (Å²) in [7, 11) is 2.15. The minimum atomic E-state index is -0.271.